The molecule has 2 aromatic rings. The summed E-state index contributed by atoms with van der Waals surface area (Å²) >= 11 is 0. The van der Waals surface area contributed by atoms with Crippen molar-refractivity contribution in [2.45, 2.75) is 33.1 Å². The highest BCUT2D eigenvalue weighted by atomic mass is 16.5. The van der Waals surface area contributed by atoms with Gasteiger partial charge in [0.1, 0.15) is 11.5 Å². The van der Waals surface area contributed by atoms with Crippen LogP contribution in [0.3, 0.4) is 0 Å². The molecular formula is C14H16N2O4. The van der Waals surface area contributed by atoms with Crippen LogP contribution in [0.2, 0.25) is 0 Å². The van der Waals surface area contributed by atoms with Crippen LogP contribution < -0.4 is 0 Å². The van der Waals surface area contributed by atoms with E-state index in [-0.39, 0.29) is 5.76 Å². The van der Waals surface area contributed by atoms with Crippen molar-refractivity contribution in [1.29, 1.82) is 0 Å². The molecule has 0 unspecified atom stereocenters. The van der Waals surface area contributed by atoms with Gasteiger partial charge in [0.15, 0.2) is 0 Å². The third kappa shape index (κ3) is 3.14. The van der Waals surface area contributed by atoms with E-state index in [0.717, 1.165) is 36.3 Å². The van der Waals surface area contributed by atoms with Gasteiger partial charge in [0.2, 0.25) is 5.76 Å². The van der Waals surface area contributed by atoms with Crippen molar-refractivity contribution >= 4 is 18.1 Å². The maximum absolute atomic E-state index is 10.7. The summed E-state index contributed by atoms with van der Waals surface area (Å²) in [6, 6.07) is 1.37. The second-order valence-electron chi connectivity index (χ2n) is 4.46. The van der Waals surface area contributed by atoms with Crippen LogP contribution in [-0.2, 0) is 6.42 Å². The van der Waals surface area contributed by atoms with Gasteiger partial charge in [-0.15, -0.1) is 0 Å². The van der Waals surface area contributed by atoms with Gasteiger partial charge in [-0.3, -0.25) is 0 Å². The molecule has 0 aliphatic rings. The molecule has 6 heteroatoms. The summed E-state index contributed by atoms with van der Waals surface area (Å²) in [4.78, 5) is 10.7. The van der Waals surface area contributed by atoms with Gasteiger partial charge < -0.3 is 14.2 Å². The molecule has 0 aliphatic carbocycles. The molecule has 20 heavy (non-hydrogen) atoms. The monoisotopic (exact) mass is 276 g/mol. The summed E-state index contributed by atoms with van der Waals surface area (Å²) < 4.78 is 9.87. The molecule has 0 amide bonds. The van der Waals surface area contributed by atoms with E-state index in [2.05, 4.69) is 21.8 Å². The maximum atomic E-state index is 10.7. The Morgan fingerprint density at radius 2 is 2.15 bits per heavy atom. The zero-order valence-corrected chi connectivity index (χ0v) is 11.4. The quantitative estimate of drug-likeness (QED) is 0.871. The molecule has 0 atom stereocenters. The first kappa shape index (κ1) is 14.0. The average molecular weight is 276 g/mol. The first-order valence-corrected chi connectivity index (χ1v) is 6.45. The lowest BCUT2D eigenvalue weighted by Gasteiger charge is -1.95. The van der Waals surface area contributed by atoms with Crippen LogP contribution in [0.15, 0.2) is 15.1 Å². The molecule has 1 N–H and O–H groups in total. The van der Waals surface area contributed by atoms with Crippen molar-refractivity contribution in [1.82, 2.24) is 10.3 Å². The Morgan fingerprint density at radius 1 is 1.35 bits per heavy atom. The smallest absolute Gasteiger partial charge is 0.374 e. The molecule has 0 saturated carbocycles. The summed E-state index contributed by atoms with van der Waals surface area (Å²) in [6.45, 7) is 3.96. The predicted molar refractivity (Wildman–Crippen MR) is 72.2 cm³/mol. The lowest BCUT2D eigenvalue weighted by molar-refractivity contribution is 0.0652. The van der Waals surface area contributed by atoms with E-state index >= 15 is 0 Å². The van der Waals surface area contributed by atoms with Gasteiger partial charge in [0.05, 0.1) is 5.69 Å². The molecule has 0 bridgehead atoms. The number of aromatic carboxylic acids is 1. The maximum Gasteiger partial charge on any atom is 0.374 e. The van der Waals surface area contributed by atoms with Gasteiger partial charge in [0, 0.05) is 11.6 Å². The molecular weight excluding hydrogens is 260 g/mol. The largest absolute Gasteiger partial charge is 0.475 e. The second-order valence-corrected chi connectivity index (χ2v) is 4.46. The molecule has 0 fully saturated rings. The highest BCUT2D eigenvalue weighted by Gasteiger charge is 2.11. The van der Waals surface area contributed by atoms with Crippen LogP contribution in [0.5, 0.6) is 0 Å². The van der Waals surface area contributed by atoms with Gasteiger partial charge in [-0.1, -0.05) is 23.7 Å². The highest BCUT2D eigenvalue weighted by Crippen LogP contribution is 2.19. The summed E-state index contributed by atoms with van der Waals surface area (Å²) in [7, 11) is 0. The Hall–Kier alpha value is -2.37. The third-order valence-corrected chi connectivity index (χ3v) is 2.91. The fraction of sp³-hybridized carbons (Fsp3) is 0.357. The molecule has 2 aromatic heterocycles. The molecule has 106 valence electrons. The van der Waals surface area contributed by atoms with Gasteiger partial charge >= 0.3 is 5.97 Å². The Bertz CT molecular complexity index is 625. The normalized spacial score (nSPS) is 11.3. The number of carbonyl (C=O) groups is 1. The summed E-state index contributed by atoms with van der Waals surface area (Å²) in [5.41, 5.74) is 2.27. The van der Waals surface area contributed by atoms with Gasteiger partial charge in [-0.05, 0) is 31.9 Å². The summed E-state index contributed by atoms with van der Waals surface area (Å²) in [5, 5.41) is 16.5. The van der Waals surface area contributed by atoms with E-state index in [0.29, 0.717) is 5.69 Å². The van der Waals surface area contributed by atoms with Crippen molar-refractivity contribution in [3.05, 3.63) is 34.5 Å². The number of nitrogens with zero attached hydrogens (tertiary/aromatic N) is 2. The van der Waals surface area contributed by atoms with Crippen LogP contribution in [0.1, 0.15) is 53.0 Å². The number of carboxylic acid groups (broad SMARTS) is 1. The summed E-state index contributed by atoms with van der Waals surface area (Å²) in [6.07, 6.45) is 6.48. The minimum absolute atomic E-state index is 0.183. The first-order chi connectivity index (χ1) is 9.61. The van der Waals surface area contributed by atoms with Crippen molar-refractivity contribution in [2.75, 3.05) is 0 Å². The average Bonchev–Trinajstić information content (AvgIpc) is 3.01. The number of unbranched alkanes of at least 4 members (excludes halogenated alkanes) is 1. The van der Waals surface area contributed by atoms with Crippen LogP contribution >= 0.6 is 0 Å². The SMILES string of the molecule is CCCCc1noc(C)c1/C=C/c1cc(C(=O)O)on1. The zero-order chi connectivity index (χ0) is 14.5. The van der Waals surface area contributed by atoms with Crippen LogP contribution in [-0.4, -0.2) is 21.4 Å². The molecule has 2 heterocycles. The number of carboxylic acids is 1. The zero-order valence-electron chi connectivity index (χ0n) is 11.4. The minimum Gasteiger partial charge on any atom is -0.475 e. The Kier molecular flexibility index (Phi) is 4.34. The van der Waals surface area contributed by atoms with Crippen LogP contribution in [0.4, 0.5) is 0 Å². The summed E-state index contributed by atoms with van der Waals surface area (Å²) in [5.74, 6) is -0.589. The fourth-order valence-corrected chi connectivity index (χ4v) is 1.80. The van der Waals surface area contributed by atoms with Crippen LogP contribution in [0.25, 0.3) is 12.2 Å². The molecule has 0 radical (unpaired) electrons. The van der Waals surface area contributed by atoms with E-state index in [9.17, 15) is 4.79 Å². The van der Waals surface area contributed by atoms with Crippen molar-refractivity contribution in [2.24, 2.45) is 0 Å². The Balaban J connectivity index is 2.17. The number of hydrogen-bond donors (Lipinski definition) is 1. The van der Waals surface area contributed by atoms with Gasteiger partial charge in [-0.25, -0.2) is 4.79 Å². The lowest BCUT2D eigenvalue weighted by atomic mass is 10.1. The van der Waals surface area contributed by atoms with Gasteiger partial charge in [-0.2, -0.15) is 0 Å². The molecule has 0 aliphatic heterocycles. The molecule has 6 nitrogen and oxygen atoms in total. The third-order valence-electron chi connectivity index (χ3n) is 2.91. The highest BCUT2D eigenvalue weighted by molar-refractivity contribution is 5.85. The second kappa shape index (κ2) is 6.18. The van der Waals surface area contributed by atoms with E-state index in [1.165, 1.54) is 6.07 Å². The molecule has 0 aromatic carbocycles. The fourth-order valence-electron chi connectivity index (χ4n) is 1.80. The Labute approximate surface area is 116 Å². The molecule has 0 spiro atoms. The van der Waals surface area contributed by atoms with Crippen LogP contribution in [0, 0.1) is 6.92 Å². The van der Waals surface area contributed by atoms with E-state index in [1.807, 2.05) is 13.0 Å². The topological polar surface area (TPSA) is 89.4 Å². The number of aromatic nitrogens is 2. The number of rotatable bonds is 6. The van der Waals surface area contributed by atoms with Crippen molar-refractivity contribution in [3.63, 3.8) is 0 Å². The van der Waals surface area contributed by atoms with Crippen molar-refractivity contribution in [3.8, 4) is 0 Å². The van der Waals surface area contributed by atoms with Gasteiger partial charge in [0.25, 0.3) is 0 Å². The van der Waals surface area contributed by atoms with E-state index in [4.69, 9.17) is 9.63 Å². The molecule has 0 saturated heterocycles. The lowest BCUT2D eigenvalue weighted by Crippen LogP contribution is -1.91. The molecule has 2 rings (SSSR count). The van der Waals surface area contributed by atoms with E-state index in [1.54, 1.807) is 6.08 Å². The number of hydrogen-bond acceptors (Lipinski definition) is 5. The number of aryl methyl sites for hydroxylation is 2. The standard InChI is InChI=1S/C14H16N2O4/c1-3-4-5-12-11(9(2)19-16-12)7-6-10-8-13(14(17)18)20-15-10/h6-8H,3-5H2,1-2H3,(H,17,18)/b7-6+. The first-order valence-electron chi connectivity index (χ1n) is 6.45. The van der Waals surface area contributed by atoms with Crippen molar-refractivity contribution < 1.29 is 18.9 Å². The predicted octanol–water partition coefficient (Wildman–Crippen LogP) is 3.18. The minimum atomic E-state index is -1.14. The Morgan fingerprint density at radius 3 is 2.80 bits per heavy atom. The van der Waals surface area contributed by atoms with E-state index < -0.39 is 5.97 Å².